The fraction of sp³-hybridized carbons (Fsp3) is 0.263. The fourth-order valence-corrected chi connectivity index (χ4v) is 2.63. The molecule has 0 aromatic heterocycles. The van der Waals surface area contributed by atoms with Gasteiger partial charge in [-0.25, -0.2) is 0 Å². The Labute approximate surface area is 141 Å². The predicted molar refractivity (Wildman–Crippen MR) is 88.4 cm³/mol. The predicted octanol–water partition coefficient (Wildman–Crippen LogP) is 2.54. The van der Waals surface area contributed by atoms with Gasteiger partial charge in [-0.2, -0.15) is 5.26 Å². The maximum Gasteiger partial charge on any atom is 0.268 e. The molecule has 1 aliphatic rings. The van der Waals surface area contributed by atoms with Gasteiger partial charge in [-0.15, -0.1) is 0 Å². The van der Waals surface area contributed by atoms with Gasteiger partial charge in [-0.05, 0) is 12.1 Å². The molecule has 1 heterocycles. The Kier molecular flexibility index (Phi) is 5.09. The number of carbonyl (C=O) groups excluding carboxylic acids is 1. The molecule has 0 spiro atoms. The Morgan fingerprint density at radius 3 is 2.46 bits per heavy atom. The van der Waals surface area contributed by atoms with E-state index in [0.29, 0.717) is 37.6 Å². The molecule has 1 fully saturated rings. The zero-order valence-corrected chi connectivity index (χ0v) is 13.2. The van der Waals surface area contributed by atoms with Gasteiger partial charge >= 0.3 is 0 Å². The minimum atomic E-state index is -0.779. The van der Waals surface area contributed by atoms with Crippen molar-refractivity contribution in [2.45, 2.75) is 6.10 Å². The number of hydrogen-bond acceptors (Lipinski definition) is 4. The van der Waals surface area contributed by atoms with Crippen LogP contribution < -0.4 is 4.74 Å². The number of hydrogen-bond donors (Lipinski definition) is 0. The second-order valence-electron chi connectivity index (χ2n) is 5.45. The van der Waals surface area contributed by atoms with E-state index in [1.54, 1.807) is 29.2 Å². The van der Waals surface area contributed by atoms with Crippen LogP contribution in [0.5, 0.6) is 5.75 Å². The number of nitriles is 1. The fourth-order valence-electron chi connectivity index (χ4n) is 2.63. The first kappa shape index (κ1) is 16.0. The average molecular weight is 322 g/mol. The molecule has 122 valence electrons. The Hall–Kier alpha value is -2.84. The van der Waals surface area contributed by atoms with Gasteiger partial charge in [0.1, 0.15) is 11.8 Å². The lowest BCUT2D eigenvalue weighted by Crippen LogP contribution is -2.44. The molecule has 1 aliphatic heterocycles. The molecule has 2 aromatic rings. The zero-order chi connectivity index (χ0) is 16.8. The monoisotopic (exact) mass is 322 g/mol. The van der Waals surface area contributed by atoms with Crippen LogP contribution >= 0.6 is 0 Å². The average Bonchev–Trinajstić information content (AvgIpc) is 2.67. The maximum atomic E-state index is 13.0. The molecular weight excluding hydrogens is 304 g/mol. The van der Waals surface area contributed by atoms with E-state index in [1.807, 2.05) is 30.3 Å². The van der Waals surface area contributed by atoms with Crippen molar-refractivity contribution < 1.29 is 14.3 Å². The Balaban J connectivity index is 1.90. The van der Waals surface area contributed by atoms with Gasteiger partial charge in [0.05, 0.1) is 18.8 Å². The van der Waals surface area contributed by atoms with Crippen LogP contribution in [-0.4, -0.2) is 37.1 Å². The first-order valence-electron chi connectivity index (χ1n) is 7.87. The van der Waals surface area contributed by atoms with Gasteiger partial charge in [0.25, 0.3) is 5.91 Å². The molecule has 3 rings (SSSR count). The molecule has 0 radical (unpaired) electrons. The summed E-state index contributed by atoms with van der Waals surface area (Å²) in [6.45, 7) is 2.15. The van der Waals surface area contributed by atoms with Crippen LogP contribution in [0, 0.1) is 11.3 Å². The Bertz CT molecular complexity index is 734. The van der Waals surface area contributed by atoms with Gasteiger partial charge in [-0.1, -0.05) is 42.5 Å². The summed E-state index contributed by atoms with van der Waals surface area (Å²) in [7, 11) is 0. The number of morpholine rings is 1. The van der Waals surface area contributed by atoms with Crippen LogP contribution in [0.1, 0.15) is 17.2 Å². The highest BCUT2D eigenvalue weighted by Gasteiger charge is 2.29. The molecule has 1 atom stereocenters. The van der Waals surface area contributed by atoms with Crippen molar-refractivity contribution in [2.24, 2.45) is 0 Å². The first-order chi connectivity index (χ1) is 11.8. The van der Waals surface area contributed by atoms with Gasteiger partial charge in [0.15, 0.2) is 0 Å². The van der Waals surface area contributed by atoms with Crippen molar-refractivity contribution in [2.75, 3.05) is 26.3 Å². The van der Waals surface area contributed by atoms with Gasteiger partial charge in [0, 0.05) is 18.7 Å². The lowest BCUT2D eigenvalue weighted by molar-refractivity contribution is -0.143. The summed E-state index contributed by atoms with van der Waals surface area (Å²) in [5.41, 5.74) is 1.18. The SMILES string of the molecule is N#Cc1ccccc1OC(C(=O)N1CCOCC1)c1ccccc1. The first-order valence-corrected chi connectivity index (χ1v) is 7.87. The highest BCUT2D eigenvalue weighted by atomic mass is 16.5. The zero-order valence-electron chi connectivity index (χ0n) is 13.2. The molecule has 24 heavy (non-hydrogen) atoms. The molecule has 1 unspecified atom stereocenters. The number of nitrogens with zero attached hydrogens (tertiary/aromatic N) is 2. The molecule has 0 N–H and O–H groups in total. The highest BCUT2D eigenvalue weighted by molar-refractivity contribution is 5.83. The van der Waals surface area contributed by atoms with Crippen molar-refractivity contribution in [3.8, 4) is 11.8 Å². The van der Waals surface area contributed by atoms with Crippen LogP contribution in [-0.2, 0) is 9.53 Å². The van der Waals surface area contributed by atoms with E-state index in [0.717, 1.165) is 5.56 Å². The van der Waals surface area contributed by atoms with Crippen molar-refractivity contribution in [1.82, 2.24) is 4.90 Å². The molecule has 1 amide bonds. The molecule has 1 saturated heterocycles. The van der Waals surface area contributed by atoms with Crippen molar-refractivity contribution in [3.63, 3.8) is 0 Å². The van der Waals surface area contributed by atoms with Gasteiger partial charge in [-0.3, -0.25) is 4.79 Å². The second-order valence-corrected chi connectivity index (χ2v) is 5.45. The van der Waals surface area contributed by atoms with E-state index in [9.17, 15) is 10.1 Å². The number of para-hydroxylation sites is 1. The summed E-state index contributed by atoms with van der Waals surface area (Å²) >= 11 is 0. The summed E-state index contributed by atoms with van der Waals surface area (Å²) in [5.74, 6) is 0.299. The number of benzene rings is 2. The van der Waals surface area contributed by atoms with Crippen molar-refractivity contribution >= 4 is 5.91 Å². The van der Waals surface area contributed by atoms with Crippen LogP contribution in [0.25, 0.3) is 0 Å². The van der Waals surface area contributed by atoms with E-state index >= 15 is 0 Å². The van der Waals surface area contributed by atoms with E-state index in [2.05, 4.69) is 6.07 Å². The van der Waals surface area contributed by atoms with Gasteiger partial charge < -0.3 is 14.4 Å². The smallest absolute Gasteiger partial charge is 0.268 e. The van der Waals surface area contributed by atoms with Crippen LogP contribution in [0.2, 0.25) is 0 Å². The van der Waals surface area contributed by atoms with E-state index in [4.69, 9.17) is 9.47 Å². The van der Waals surface area contributed by atoms with Crippen LogP contribution in [0.15, 0.2) is 54.6 Å². The molecule has 5 nitrogen and oxygen atoms in total. The molecule has 0 bridgehead atoms. The number of amides is 1. The number of carbonyl (C=O) groups is 1. The number of ether oxygens (including phenoxy) is 2. The third kappa shape index (κ3) is 3.55. The van der Waals surface area contributed by atoms with E-state index < -0.39 is 6.10 Å². The quantitative estimate of drug-likeness (QED) is 0.868. The number of rotatable bonds is 4. The minimum absolute atomic E-state index is 0.114. The van der Waals surface area contributed by atoms with Crippen LogP contribution in [0.4, 0.5) is 0 Å². The largest absolute Gasteiger partial charge is 0.474 e. The van der Waals surface area contributed by atoms with E-state index in [1.165, 1.54) is 0 Å². The topological polar surface area (TPSA) is 62.6 Å². The van der Waals surface area contributed by atoms with E-state index in [-0.39, 0.29) is 5.91 Å². The maximum absolute atomic E-state index is 13.0. The summed E-state index contributed by atoms with van der Waals surface area (Å²) in [4.78, 5) is 14.7. The summed E-state index contributed by atoms with van der Waals surface area (Å²) in [6, 6.07) is 18.4. The Morgan fingerprint density at radius 2 is 1.75 bits per heavy atom. The standard InChI is InChI=1S/C19H18N2O3/c20-14-16-8-4-5-9-17(16)24-18(15-6-2-1-3-7-15)19(22)21-10-12-23-13-11-21/h1-9,18H,10-13H2. The molecule has 0 saturated carbocycles. The lowest BCUT2D eigenvalue weighted by Gasteiger charge is -2.30. The summed E-state index contributed by atoms with van der Waals surface area (Å²) < 4.78 is 11.3. The van der Waals surface area contributed by atoms with Crippen LogP contribution in [0.3, 0.4) is 0 Å². The molecule has 2 aromatic carbocycles. The molecule has 0 aliphatic carbocycles. The summed E-state index contributed by atoms with van der Waals surface area (Å²) in [6.07, 6.45) is -0.779. The third-order valence-electron chi connectivity index (χ3n) is 3.90. The highest BCUT2D eigenvalue weighted by Crippen LogP contribution is 2.27. The summed E-state index contributed by atoms with van der Waals surface area (Å²) in [5, 5.41) is 9.25. The second kappa shape index (κ2) is 7.62. The van der Waals surface area contributed by atoms with Gasteiger partial charge in [0.2, 0.25) is 6.10 Å². The normalized spacial score (nSPS) is 15.4. The van der Waals surface area contributed by atoms with Crippen molar-refractivity contribution in [3.05, 3.63) is 65.7 Å². The molecular formula is C19H18N2O3. The lowest BCUT2D eigenvalue weighted by atomic mass is 10.1. The Morgan fingerprint density at radius 1 is 1.08 bits per heavy atom. The van der Waals surface area contributed by atoms with Crippen molar-refractivity contribution in [1.29, 1.82) is 5.26 Å². The third-order valence-corrected chi connectivity index (χ3v) is 3.90. The molecule has 5 heteroatoms. The minimum Gasteiger partial charge on any atom is -0.474 e.